The number of anilines is 1. The topological polar surface area (TPSA) is 27.0 Å². The molecule has 0 N–H and O–H groups in total. The highest BCUT2D eigenvalue weighted by molar-refractivity contribution is 6.30. The van der Waals surface area contributed by atoms with E-state index in [4.69, 9.17) is 16.9 Å². The molecule has 4 heteroatoms. The van der Waals surface area contributed by atoms with E-state index < -0.39 is 5.54 Å². The van der Waals surface area contributed by atoms with Crippen molar-refractivity contribution >= 4 is 17.3 Å². The van der Waals surface area contributed by atoms with Crippen LogP contribution in [-0.2, 0) is 0 Å². The van der Waals surface area contributed by atoms with E-state index in [0.29, 0.717) is 10.7 Å². The van der Waals surface area contributed by atoms with Crippen molar-refractivity contribution in [3.8, 4) is 6.07 Å². The van der Waals surface area contributed by atoms with Crippen molar-refractivity contribution in [2.45, 2.75) is 19.4 Å². The Kier molecular flexibility index (Phi) is 3.21. The van der Waals surface area contributed by atoms with Crippen molar-refractivity contribution in [3.63, 3.8) is 0 Å². The Bertz CT molecular complexity index is 410. The second-order valence-electron chi connectivity index (χ2n) is 3.83. The molecule has 0 aliphatic heterocycles. The van der Waals surface area contributed by atoms with E-state index in [1.54, 1.807) is 25.8 Å². The van der Waals surface area contributed by atoms with Gasteiger partial charge in [-0.2, -0.15) is 5.26 Å². The minimum Gasteiger partial charge on any atom is -0.354 e. The summed E-state index contributed by atoms with van der Waals surface area (Å²) in [6, 6.07) is 6.39. The van der Waals surface area contributed by atoms with E-state index in [9.17, 15) is 4.39 Å². The van der Waals surface area contributed by atoms with Gasteiger partial charge in [0.25, 0.3) is 0 Å². The van der Waals surface area contributed by atoms with Crippen molar-refractivity contribution < 1.29 is 4.39 Å². The number of hydrogen-bond acceptors (Lipinski definition) is 2. The first kappa shape index (κ1) is 11.8. The normalized spacial score (nSPS) is 10.9. The Morgan fingerprint density at radius 3 is 2.60 bits per heavy atom. The molecule has 0 saturated heterocycles. The van der Waals surface area contributed by atoms with Crippen LogP contribution in [-0.4, -0.2) is 12.6 Å². The fourth-order valence-electron chi connectivity index (χ4n) is 1.12. The van der Waals surface area contributed by atoms with E-state index >= 15 is 0 Å². The quantitative estimate of drug-likeness (QED) is 0.774. The molecule has 0 bridgehead atoms. The van der Waals surface area contributed by atoms with Crippen molar-refractivity contribution in [2.24, 2.45) is 0 Å². The fraction of sp³-hybridized carbons (Fsp3) is 0.364. The second-order valence-corrected chi connectivity index (χ2v) is 4.26. The Morgan fingerprint density at radius 2 is 2.07 bits per heavy atom. The van der Waals surface area contributed by atoms with Gasteiger partial charge in [0.15, 0.2) is 0 Å². The van der Waals surface area contributed by atoms with Crippen LogP contribution in [0.2, 0.25) is 5.02 Å². The summed E-state index contributed by atoms with van der Waals surface area (Å²) in [7, 11) is 1.66. The largest absolute Gasteiger partial charge is 0.354 e. The third-order valence-corrected chi connectivity index (χ3v) is 2.62. The maximum atomic E-state index is 13.5. The van der Waals surface area contributed by atoms with Gasteiger partial charge in [-0.15, -0.1) is 0 Å². The van der Waals surface area contributed by atoms with Gasteiger partial charge in [0, 0.05) is 12.1 Å². The summed E-state index contributed by atoms with van der Waals surface area (Å²) in [5, 5.41) is 9.39. The Labute approximate surface area is 93.9 Å². The summed E-state index contributed by atoms with van der Waals surface area (Å²) < 4.78 is 13.5. The predicted molar refractivity (Wildman–Crippen MR) is 59.5 cm³/mol. The lowest BCUT2D eigenvalue weighted by molar-refractivity contribution is 0.577. The van der Waals surface area contributed by atoms with Crippen LogP contribution >= 0.6 is 11.6 Å². The van der Waals surface area contributed by atoms with E-state index in [1.165, 1.54) is 18.2 Å². The van der Waals surface area contributed by atoms with Gasteiger partial charge in [-0.05, 0) is 32.0 Å². The highest BCUT2D eigenvalue weighted by Crippen LogP contribution is 2.27. The predicted octanol–water partition coefficient (Wildman–Crippen LogP) is 3.22. The first-order valence-electron chi connectivity index (χ1n) is 4.48. The summed E-state index contributed by atoms with van der Waals surface area (Å²) in [4.78, 5) is 1.56. The molecule has 0 amide bonds. The van der Waals surface area contributed by atoms with Crippen LogP contribution in [0, 0.1) is 17.1 Å². The molecule has 0 aliphatic carbocycles. The van der Waals surface area contributed by atoms with Crippen LogP contribution in [0.1, 0.15) is 13.8 Å². The number of hydrogen-bond donors (Lipinski definition) is 0. The molecule has 0 heterocycles. The van der Waals surface area contributed by atoms with Gasteiger partial charge in [-0.1, -0.05) is 11.6 Å². The fourth-order valence-corrected chi connectivity index (χ4v) is 1.29. The number of benzene rings is 1. The standard InChI is InChI=1S/C11H12ClFN2/c1-11(2,7-14)15(3)10-6-8(12)4-5-9(10)13/h4-6H,1-3H3. The molecule has 0 saturated carbocycles. The summed E-state index contributed by atoms with van der Waals surface area (Å²) in [6.07, 6.45) is 0. The van der Waals surface area contributed by atoms with Crippen LogP contribution < -0.4 is 4.90 Å². The molecule has 0 atom stereocenters. The van der Waals surface area contributed by atoms with E-state index in [0.717, 1.165) is 0 Å². The van der Waals surface area contributed by atoms with Crippen LogP contribution in [0.3, 0.4) is 0 Å². The van der Waals surface area contributed by atoms with E-state index in [-0.39, 0.29) is 5.82 Å². The first-order chi connectivity index (χ1) is 6.88. The van der Waals surface area contributed by atoms with Crippen LogP contribution in [0.5, 0.6) is 0 Å². The summed E-state index contributed by atoms with van der Waals surface area (Å²) in [5.74, 6) is -0.384. The average molecular weight is 227 g/mol. The van der Waals surface area contributed by atoms with Gasteiger partial charge >= 0.3 is 0 Å². The van der Waals surface area contributed by atoms with Crippen molar-refractivity contribution in [3.05, 3.63) is 29.0 Å². The first-order valence-corrected chi connectivity index (χ1v) is 4.86. The van der Waals surface area contributed by atoms with E-state index in [2.05, 4.69) is 6.07 Å². The van der Waals surface area contributed by atoms with Crippen molar-refractivity contribution in [1.29, 1.82) is 5.26 Å². The molecular weight excluding hydrogens is 215 g/mol. The zero-order chi connectivity index (χ0) is 11.6. The summed E-state index contributed by atoms with van der Waals surface area (Å²) in [6.45, 7) is 3.43. The van der Waals surface area contributed by atoms with Gasteiger partial charge < -0.3 is 4.90 Å². The van der Waals surface area contributed by atoms with Gasteiger partial charge in [-0.25, -0.2) is 4.39 Å². The van der Waals surface area contributed by atoms with E-state index in [1.807, 2.05) is 0 Å². The SMILES string of the molecule is CN(c1cc(Cl)ccc1F)C(C)(C)C#N. The molecule has 0 aliphatic rings. The maximum Gasteiger partial charge on any atom is 0.146 e. The average Bonchev–Trinajstić information content (AvgIpc) is 2.20. The molecule has 2 nitrogen and oxygen atoms in total. The Hall–Kier alpha value is -1.27. The zero-order valence-electron chi connectivity index (χ0n) is 8.88. The minimum absolute atomic E-state index is 0.328. The molecule has 0 unspecified atom stereocenters. The highest BCUT2D eigenvalue weighted by Gasteiger charge is 2.25. The maximum absolute atomic E-state index is 13.5. The van der Waals surface area contributed by atoms with Gasteiger partial charge in [0.1, 0.15) is 11.4 Å². The minimum atomic E-state index is -0.772. The summed E-state index contributed by atoms with van der Waals surface area (Å²) in [5.41, 5.74) is -0.444. The van der Waals surface area contributed by atoms with Gasteiger partial charge in [0.2, 0.25) is 0 Å². The molecule has 0 radical (unpaired) electrons. The number of halogens is 2. The van der Waals surface area contributed by atoms with Crippen LogP contribution in [0.25, 0.3) is 0 Å². The number of nitrogens with zero attached hydrogens (tertiary/aromatic N) is 2. The third-order valence-electron chi connectivity index (χ3n) is 2.38. The highest BCUT2D eigenvalue weighted by atomic mass is 35.5. The molecule has 1 rings (SSSR count). The number of nitriles is 1. The number of rotatable bonds is 2. The molecule has 15 heavy (non-hydrogen) atoms. The lowest BCUT2D eigenvalue weighted by atomic mass is 10.1. The zero-order valence-corrected chi connectivity index (χ0v) is 9.64. The van der Waals surface area contributed by atoms with Gasteiger partial charge in [-0.3, -0.25) is 0 Å². The second kappa shape index (κ2) is 4.08. The van der Waals surface area contributed by atoms with Crippen molar-refractivity contribution in [1.82, 2.24) is 0 Å². The van der Waals surface area contributed by atoms with Crippen LogP contribution in [0.15, 0.2) is 18.2 Å². The molecule has 0 aromatic heterocycles. The lowest BCUT2D eigenvalue weighted by Crippen LogP contribution is -2.40. The van der Waals surface area contributed by atoms with Crippen LogP contribution in [0.4, 0.5) is 10.1 Å². The molecular formula is C11H12ClFN2. The Balaban J connectivity index is 3.17. The monoisotopic (exact) mass is 226 g/mol. The smallest absolute Gasteiger partial charge is 0.146 e. The van der Waals surface area contributed by atoms with Crippen molar-refractivity contribution in [2.75, 3.05) is 11.9 Å². The third kappa shape index (κ3) is 2.40. The molecule has 0 fully saturated rings. The summed E-state index contributed by atoms with van der Waals surface area (Å²) >= 11 is 5.78. The molecule has 1 aromatic carbocycles. The molecule has 0 spiro atoms. The Morgan fingerprint density at radius 1 is 1.47 bits per heavy atom. The lowest BCUT2D eigenvalue weighted by Gasteiger charge is -2.31. The molecule has 80 valence electrons. The van der Waals surface area contributed by atoms with Gasteiger partial charge in [0.05, 0.1) is 11.8 Å². The molecule has 1 aromatic rings.